The van der Waals surface area contributed by atoms with E-state index < -0.39 is 0 Å². The molecule has 0 aliphatic heterocycles. The molecule has 0 fully saturated rings. The third kappa shape index (κ3) is 3.34. The Kier molecular flexibility index (Phi) is 5.64. The number of carbonyl (C=O) groups excluding carboxylic acids is 1. The number of ether oxygens (including phenoxy) is 2. The molecule has 8 heteroatoms. The Morgan fingerprint density at radius 3 is 2.77 bits per heavy atom. The Balaban J connectivity index is 2.41. The van der Waals surface area contributed by atoms with Gasteiger partial charge in [0.05, 0.1) is 17.4 Å². The second-order valence-electron chi connectivity index (χ2n) is 4.72. The van der Waals surface area contributed by atoms with Crippen LogP contribution in [-0.2, 0) is 11.3 Å². The van der Waals surface area contributed by atoms with E-state index in [1.54, 1.807) is 14.2 Å². The number of aromatic nitrogens is 2. The molecule has 2 rings (SSSR count). The normalized spacial score (nSPS) is 10.9. The molecule has 0 radical (unpaired) electrons. The Labute approximate surface area is 132 Å². The van der Waals surface area contributed by atoms with E-state index in [1.165, 1.54) is 11.3 Å². The number of thiophene rings is 1. The fourth-order valence-corrected chi connectivity index (χ4v) is 3.19. The van der Waals surface area contributed by atoms with Crippen LogP contribution in [0.25, 0.3) is 10.2 Å². The van der Waals surface area contributed by atoms with Crippen LogP contribution in [0.15, 0.2) is 0 Å². The topological polar surface area (TPSA) is 99.4 Å². The van der Waals surface area contributed by atoms with Gasteiger partial charge in [-0.3, -0.25) is 4.79 Å². The highest BCUT2D eigenvalue weighted by molar-refractivity contribution is 7.20. The van der Waals surface area contributed by atoms with Gasteiger partial charge in [-0.25, -0.2) is 4.98 Å². The Hall–Kier alpha value is -1.77. The van der Waals surface area contributed by atoms with E-state index in [4.69, 9.17) is 15.2 Å². The average molecular weight is 324 g/mol. The summed E-state index contributed by atoms with van der Waals surface area (Å²) >= 11 is 1.33. The van der Waals surface area contributed by atoms with Crippen LogP contribution in [0.3, 0.4) is 0 Å². The van der Waals surface area contributed by atoms with E-state index in [0.717, 1.165) is 22.2 Å². The fourth-order valence-electron chi connectivity index (χ4n) is 2.09. The van der Waals surface area contributed by atoms with Crippen molar-refractivity contribution < 1.29 is 14.3 Å². The number of nitrogens with one attached hydrogen (secondary N) is 1. The van der Waals surface area contributed by atoms with Crippen molar-refractivity contribution in [2.75, 3.05) is 27.3 Å². The highest BCUT2D eigenvalue weighted by Crippen LogP contribution is 2.34. The molecule has 120 valence electrons. The zero-order chi connectivity index (χ0) is 16.1. The summed E-state index contributed by atoms with van der Waals surface area (Å²) in [5, 5.41) is 3.63. The second kappa shape index (κ2) is 7.48. The molecular weight excluding hydrogens is 304 g/mol. The molecule has 0 saturated carbocycles. The van der Waals surface area contributed by atoms with Crippen LogP contribution >= 0.6 is 11.3 Å². The van der Waals surface area contributed by atoms with Crippen LogP contribution in [0.2, 0.25) is 0 Å². The molecule has 0 aliphatic carbocycles. The largest absolute Gasteiger partial charge is 0.480 e. The van der Waals surface area contributed by atoms with Crippen molar-refractivity contribution >= 4 is 27.5 Å². The summed E-state index contributed by atoms with van der Waals surface area (Å²) in [6.07, 6.45) is 0.747. The van der Waals surface area contributed by atoms with Gasteiger partial charge in [0.2, 0.25) is 5.88 Å². The van der Waals surface area contributed by atoms with Gasteiger partial charge in [-0.1, -0.05) is 0 Å². The summed E-state index contributed by atoms with van der Waals surface area (Å²) in [6.45, 7) is 3.27. The molecule has 0 spiro atoms. The zero-order valence-corrected chi connectivity index (χ0v) is 13.7. The first-order chi connectivity index (χ1) is 10.6. The van der Waals surface area contributed by atoms with Crippen LogP contribution in [0.4, 0.5) is 0 Å². The van der Waals surface area contributed by atoms with Gasteiger partial charge >= 0.3 is 0 Å². The number of nitrogens with zero attached hydrogens (tertiary/aromatic N) is 2. The van der Waals surface area contributed by atoms with Gasteiger partial charge in [0.15, 0.2) is 5.82 Å². The summed E-state index contributed by atoms with van der Waals surface area (Å²) in [5.74, 6) is 0.874. The molecule has 22 heavy (non-hydrogen) atoms. The van der Waals surface area contributed by atoms with E-state index >= 15 is 0 Å². The van der Waals surface area contributed by atoms with Crippen molar-refractivity contribution in [2.45, 2.75) is 20.0 Å². The minimum Gasteiger partial charge on any atom is -0.480 e. The highest BCUT2D eigenvalue weighted by Gasteiger charge is 2.20. The number of hydrogen-bond donors (Lipinski definition) is 2. The first-order valence-corrected chi connectivity index (χ1v) is 7.75. The minimum absolute atomic E-state index is 0.121. The molecule has 0 unspecified atom stereocenters. The summed E-state index contributed by atoms with van der Waals surface area (Å²) in [4.78, 5) is 22.4. The number of hydrogen-bond acceptors (Lipinski definition) is 7. The molecule has 7 nitrogen and oxygen atoms in total. The molecule has 2 aromatic heterocycles. The van der Waals surface area contributed by atoms with Crippen LogP contribution < -0.4 is 15.8 Å². The van der Waals surface area contributed by atoms with E-state index in [9.17, 15) is 4.79 Å². The number of fused-ring (bicyclic) bond motifs is 1. The quantitative estimate of drug-likeness (QED) is 0.743. The highest BCUT2D eigenvalue weighted by atomic mass is 32.1. The first-order valence-electron chi connectivity index (χ1n) is 6.93. The predicted molar refractivity (Wildman–Crippen MR) is 85.4 cm³/mol. The van der Waals surface area contributed by atoms with Crippen LogP contribution in [0.1, 0.15) is 27.5 Å². The fraction of sp³-hybridized carbons (Fsp3) is 0.500. The lowest BCUT2D eigenvalue weighted by Crippen LogP contribution is -2.25. The zero-order valence-electron chi connectivity index (χ0n) is 12.9. The SMILES string of the molecule is COCc1nc(OC)c2c(C)c(C(=O)NCCCN)sc2n1. The van der Waals surface area contributed by atoms with Gasteiger partial charge in [0, 0.05) is 13.7 Å². The maximum atomic E-state index is 12.3. The van der Waals surface area contributed by atoms with Crippen molar-refractivity contribution in [1.82, 2.24) is 15.3 Å². The molecule has 0 aliphatic rings. The monoisotopic (exact) mass is 324 g/mol. The van der Waals surface area contributed by atoms with E-state index in [2.05, 4.69) is 15.3 Å². The summed E-state index contributed by atoms with van der Waals surface area (Å²) in [6, 6.07) is 0. The smallest absolute Gasteiger partial charge is 0.261 e. The summed E-state index contributed by atoms with van der Waals surface area (Å²) < 4.78 is 10.4. The number of methoxy groups -OCH3 is 2. The third-order valence-electron chi connectivity index (χ3n) is 3.14. The van der Waals surface area contributed by atoms with E-state index in [0.29, 0.717) is 36.3 Å². The molecule has 2 aromatic rings. The first kappa shape index (κ1) is 16.6. The predicted octanol–water partition coefficient (Wildman–Crippen LogP) is 1.23. The number of rotatable bonds is 7. The van der Waals surface area contributed by atoms with Gasteiger partial charge in [-0.15, -0.1) is 11.3 Å². The van der Waals surface area contributed by atoms with Crippen molar-refractivity contribution in [1.29, 1.82) is 0 Å². The molecule has 0 aromatic carbocycles. The minimum atomic E-state index is -0.121. The third-order valence-corrected chi connectivity index (χ3v) is 4.33. The lowest BCUT2D eigenvalue weighted by Gasteiger charge is -2.05. The van der Waals surface area contributed by atoms with Crippen LogP contribution in [0, 0.1) is 6.92 Å². The maximum Gasteiger partial charge on any atom is 0.261 e. The number of carbonyl (C=O) groups is 1. The standard InChI is InChI=1S/C14H20N4O3S/c1-8-10-13(21-3)17-9(7-20-2)18-14(10)22-11(8)12(19)16-6-4-5-15/h4-7,15H2,1-3H3,(H,16,19). The molecule has 2 heterocycles. The lowest BCUT2D eigenvalue weighted by molar-refractivity contribution is 0.0957. The summed E-state index contributed by atoms with van der Waals surface area (Å²) in [7, 11) is 3.13. The van der Waals surface area contributed by atoms with Gasteiger partial charge in [0.1, 0.15) is 11.4 Å². The number of aryl methyl sites for hydroxylation is 1. The Morgan fingerprint density at radius 2 is 2.14 bits per heavy atom. The number of nitrogens with two attached hydrogens (primary N) is 1. The van der Waals surface area contributed by atoms with Gasteiger partial charge in [-0.2, -0.15) is 4.98 Å². The molecule has 0 saturated heterocycles. The van der Waals surface area contributed by atoms with Gasteiger partial charge in [-0.05, 0) is 25.5 Å². The Bertz CT molecular complexity index is 672. The van der Waals surface area contributed by atoms with Crippen molar-refractivity contribution in [3.63, 3.8) is 0 Å². The lowest BCUT2D eigenvalue weighted by atomic mass is 10.2. The van der Waals surface area contributed by atoms with Crippen molar-refractivity contribution in [3.05, 3.63) is 16.3 Å². The van der Waals surface area contributed by atoms with E-state index in [1.807, 2.05) is 6.92 Å². The van der Waals surface area contributed by atoms with Crippen LogP contribution in [-0.4, -0.2) is 43.2 Å². The second-order valence-corrected chi connectivity index (χ2v) is 5.72. The molecule has 0 bridgehead atoms. The van der Waals surface area contributed by atoms with E-state index in [-0.39, 0.29) is 5.91 Å². The maximum absolute atomic E-state index is 12.3. The Morgan fingerprint density at radius 1 is 1.36 bits per heavy atom. The molecule has 1 amide bonds. The van der Waals surface area contributed by atoms with Crippen molar-refractivity contribution in [2.24, 2.45) is 5.73 Å². The number of amides is 1. The average Bonchev–Trinajstić information content (AvgIpc) is 2.84. The summed E-state index contributed by atoms with van der Waals surface area (Å²) in [5.41, 5.74) is 6.26. The van der Waals surface area contributed by atoms with Crippen LogP contribution in [0.5, 0.6) is 5.88 Å². The van der Waals surface area contributed by atoms with Gasteiger partial charge in [0.25, 0.3) is 5.91 Å². The molecule has 3 N–H and O–H groups in total. The molecule has 0 atom stereocenters. The van der Waals surface area contributed by atoms with Crippen molar-refractivity contribution in [3.8, 4) is 5.88 Å². The molecular formula is C14H20N4O3S. The van der Waals surface area contributed by atoms with Gasteiger partial charge < -0.3 is 20.5 Å².